The van der Waals surface area contributed by atoms with Crippen LogP contribution in [0.4, 0.5) is 0 Å². The van der Waals surface area contributed by atoms with Gasteiger partial charge in [0.1, 0.15) is 12.4 Å². The first kappa shape index (κ1) is 9.15. The summed E-state index contributed by atoms with van der Waals surface area (Å²) < 4.78 is 1.68. The molecule has 1 rings (SSSR count). The van der Waals surface area contributed by atoms with Crippen LogP contribution in [-0.4, -0.2) is 33.5 Å². The molecule has 2 N–H and O–H groups in total. The third-order valence-corrected chi connectivity index (χ3v) is 1.64. The lowest BCUT2D eigenvalue weighted by Crippen LogP contribution is -2.20. The van der Waals surface area contributed by atoms with E-state index in [1.54, 1.807) is 11.7 Å². The smallest absolute Gasteiger partial charge is 0.157 e. The second-order valence-electron chi connectivity index (χ2n) is 2.51. The first-order valence-electron chi connectivity index (χ1n) is 4.00. The van der Waals surface area contributed by atoms with E-state index < -0.39 is 6.10 Å². The molecule has 0 saturated heterocycles. The van der Waals surface area contributed by atoms with E-state index in [4.69, 9.17) is 0 Å². The lowest BCUT2D eigenvalue weighted by Gasteiger charge is -2.09. The lowest BCUT2D eigenvalue weighted by molar-refractivity contribution is 0.162. The summed E-state index contributed by atoms with van der Waals surface area (Å²) in [6.45, 7) is 3.19. The van der Waals surface area contributed by atoms with Crippen molar-refractivity contribution < 1.29 is 5.11 Å². The largest absolute Gasteiger partial charge is 0.384 e. The van der Waals surface area contributed by atoms with Crippen molar-refractivity contribution in [2.75, 3.05) is 13.6 Å². The maximum Gasteiger partial charge on any atom is 0.157 e. The van der Waals surface area contributed by atoms with Gasteiger partial charge in [-0.2, -0.15) is 5.10 Å². The monoisotopic (exact) mass is 170 g/mol. The summed E-state index contributed by atoms with van der Waals surface area (Å²) in [5, 5.41) is 16.4. The fourth-order valence-corrected chi connectivity index (χ4v) is 1.06. The average Bonchev–Trinajstić information content (AvgIpc) is 2.51. The first-order chi connectivity index (χ1) is 5.79. The number of hydrogen-bond donors (Lipinski definition) is 2. The zero-order valence-electron chi connectivity index (χ0n) is 7.36. The van der Waals surface area contributed by atoms with E-state index in [0.29, 0.717) is 12.4 Å². The maximum atomic E-state index is 9.54. The molecule has 5 heteroatoms. The van der Waals surface area contributed by atoms with Gasteiger partial charge in [-0.05, 0) is 14.0 Å². The van der Waals surface area contributed by atoms with Crippen LogP contribution in [0.25, 0.3) is 0 Å². The fourth-order valence-electron chi connectivity index (χ4n) is 1.06. The Balaban J connectivity index is 2.71. The molecule has 1 heterocycles. The molecular weight excluding hydrogens is 156 g/mol. The molecule has 68 valence electrons. The van der Waals surface area contributed by atoms with E-state index in [9.17, 15) is 5.11 Å². The molecule has 0 amide bonds. The van der Waals surface area contributed by atoms with Gasteiger partial charge in [0.2, 0.25) is 0 Å². The molecule has 5 nitrogen and oxygen atoms in total. The highest BCUT2D eigenvalue weighted by Gasteiger charge is 2.12. The molecular formula is C7H14N4O. The minimum absolute atomic E-state index is 0.499. The van der Waals surface area contributed by atoms with Crippen LogP contribution >= 0.6 is 0 Å². The van der Waals surface area contributed by atoms with Crippen LogP contribution in [-0.2, 0) is 6.54 Å². The molecule has 1 unspecified atom stereocenters. The summed E-state index contributed by atoms with van der Waals surface area (Å²) in [6, 6.07) is 0. The van der Waals surface area contributed by atoms with Crippen molar-refractivity contribution in [3.8, 4) is 0 Å². The predicted molar refractivity (Wildman–Crippen MR) is 44.6 cm³/mol. The third kappa shape index (κ3) is 1.80. The lowest BCUT2D eigenvalue weighted by atomic mass is 10.3. The van der Waals surface area contributed by atoms with Crippen LogP contribution in [0, 0.1) is 0 Å². The summed E-state index contributed by atoms with van der Waals surface area (Å²) >= 11 is 0. The van der Waals surface area contributed by atoms with Crippen LogP contribution in [0.2, 0.25) is 0 Å². The molecule has 0 spiro atoms. The Morgan fingerprint density at radius 2 is 2.50 bits per heavy atom. The van der Waals surface area contributed by atoms with Gasteiger partial charge >= 0.3 is 0 Å². The van der Waals surface area contributed by atoms with Crippen LogP contribution < -0.4 is 5.32 Å². The van der Waals surface area contributed by atoms with Gasteiger partial charge in [-0.25, -0.2) is 9.67 Å². The second-order valence-corrected chi connectivity index (χ2v) is 2.51. The quantitative estimate of drug-likeness (QED) is 0.642. The molecule has 0 fully saturated rings. The summed E-state index contributed by atoms with van der Waals surface area (Å²) in [5.74, 6) is 0.617. The Morgan fingerprint density at radius 1 is 1.75 bits per heavy atom. The van der Waals surface area contributed by atoms with Gasteiger partial charge in [0.05, 0.1) is 0 Å². The highest BCUT2D eigenvalue weighted by molar-refractivity contribution is 4.90. The van der Waals surface area contributed by atoms with Crippen molar-refractivity contribution in [1.82, 2.24) is 20.1 Å². The number of aryl methyl sites for hydroxylation is 1. The van der Waals surface area contributed by atoms with E-state index in [-0.39, 0.29) is 0 Å². The van der Waals surface area contributed by atoms with Crippen molar-refractivity contribution in [2.24, 2.45) is 0 Å². The maximum absolute atomic E-state index is 9.54. The van der Waals surface area contributed by atoms with Crippen LogP contribution in [0.1, 0.15) is 18.9 Å². The molecule has 0 aromatic carbocycles. The number of nitrogens with one attached hydrogen (secondary N) is 1. The number of hydrogen-bond acceptors (Lipinski definition) is 4. The van der Waals surface area contributed by atoms with Gasteiger partial charge in [-0.15, -0.1) is 0 Å². The van der Waals surface area contributed by atoms with Crippen molar-refractivity contribution in [3.05, 3.63) is 12.2 Å². The number of likely N-dealkylation sites (N-methyl/N-ethyl adjacent to an activating group) is 1. The summed E-state index contributed by atoms with van der Waals surface area (Å²) in [4.78, 5) is 3.97. The van der Waals surface area contributed by atoms with Crippen molar-refractivity contribution in [1.29, 1.82) is 0 Å². The summed E-state index contributed by atoms with van der Waals surface area (Å²) in [5.41, 5.74) is 0. The van der Waals surface area contributed by atoms with Gasteiger partial charge < -0.3 is 10.4 Å². The van der Waals surface area contributed by atoms with Crippen molar-refractivity contribution in [2.45, 2.75) is 19.6 Å². The SMILES string of the molecule is CCn1ncnc1C(O)CNC. The van der Waals surface area contributed by atoms with E-state index >= 15 is 0 Å². The van der Waals surface area contributed by atoms with Crippen LogP contribution in [0.3, 0.4) is 0 Å². The Bertz CT molecular complexity index is 235. The van der Waals surface area contributed by atoms with Crippen LogP contribution in [0.5, 0.6) is 0 Å². The molecule has 0 aliphatic rings. The number of aliphatic hydroxyl groups excluding tert-OH is 1. The molecule has 12 heavy (non-hydrogen) atoms. The molecule has 0 saturated carbocycles. The molecule has 0 aliphatic heterocycles. The predicted octanol–water partition coefficient (Wildman–Crippen LogP) is -0.449. The Kier molecular flexibility index (Phi) is 3.19. The van der Waals surface area contributed by atoms with Gasteiger partial charge in [0.25, 0.3) is 0 Å². The zero-order chi connectivity index (χ0) is 8.97. The molecule has 1 aromatic heterocycles. The van der Waals surface area contributed by atoms with Gasteiger partial charge in [-0.3, -0.25) is 0 Å². The molecule has 1 atom stereocenters. The molecule has 0 aliphatic carbocycles. The number of nitrogens with zero attached hydrogens (tertiary/aromatic N) is 3. The van der Waals surface area contributed by atoms with Gasteiger partial charge in [-0.1, -0.05) is 0 Å². The van der Waals surface area contributed by atoms with E-state index in [0.717, 1.165) is 6.54 Å². The van der Waals surface area contributed by atoms with Gasteiger partial charge in [0.15, 0.2) is 5.82 Å². The highest BCUT2D eigenvalue weighted by Crippen LogP contribution is 2.06. The average molecular weight is 170 g/mol. The Labute approximate surface area is 71.4 Å². The molecule has 0 bridgehead atoms. The fraction of sp³-hybridized carbons (Fsp3) is 0.714. The first-order valence-corrected chi connectivity index (χ1v) is 4.00. The number of aromatic nitrogens is 3. The molecule has 1 aromatic rings. The van der Waals surface area contributed by atoms with Crippen LogP contribution in [0.15, 0.2) is 6.33 Å². The Morgan fingerprint density at radius 3 is 3.08 bits per heavy atom. The van der Waals surface area contributed by atoms with E-state index in [1.807, 2.05) is 6.92 Å². The normalized spacial score (nSPS) is 13.2. The topological polar surface area (TPSA) is 63.0 Å². The minimum atomic E-state index is -0.572. The minimum Gasteiger partial charge on any atom is -0.384 e. The third-order valence-electron chi connectivity index (χ3n) is 1.64. The Hall–Kier alpha value is -0.940. The second kappa shape index (κ2) is 4.18. The van der Waals surface area contributed by atoms with Crippen molar-refractivity contribution in [3.63, 3.8) is 0 Å². The molecule has 0 radical (unpaired) electrons. The number of rotatable bonds is 4. The van der Waals surface area contributed by atoms with Gasteiger partial charge in [0, 0.05) is 13.1 Å². The van der Waals surface area contributed by atoms with E-state index in [1.165, 1.54) is 6.33 Å². The standard InChI is InChI=1S/C7H14N4O/c1-3-11-7(9-5-10-11)6(12)4-8-2/h5-6,8,12H,3-4H2,1-2H3. The highest BCUT2D eigenvalue weighted by atomic mass is 16.3. The zero-order valence-corrected chi connectivity index (χ0v) is 7.36. The number of aliphatic hydroxyl groups is 1. The summed E-state index contributed by atoms with van der Waals surface area (Å²) in [6.07, 6.45) is 0.884. The van der Waals surface area contributed by atoms with E-state index in [2.05, 4.69) is 15.4 Å². The summed E-state index contributed by atoms with van der Waals surface area (Å²) in [7, 11) is 1.79. The van der Waals surface area contributed by atoms with Crippen molar-refractivity contribution >= 4 is 0 Å².